The van der Waals surface area contributed by atoms with Gasteiger partial charge in [-0.15, -0.1) is 0 Å². The summed E-state index contributed by atoms with van der Waals surface area (Å²) in [5, 5.41) is 19.6. The first kappa shape index (κ1) is 19.3. The monoisotopic (exact) mass is 371 g/mol. The van der Waals surface area contributed by atoms with Gasteiger partial charge in [0.15, 0.2) is 0 Å². The molecule has 10 heteroatoms. The number of non-ortho nitro benzene ring substituents is 1. The highest BCUT2D eigenvalue weighted by molar-refractivity contribution is 7.89. The Hall–Kier alpha value is -2.04. The van der Waals surface area contributed by atoms with E-state index in [4.69, 9.17) is 5.11 Å². The first-order valence-corrected chi connectivity index (χ1v) is 9.24. The van der Waals surface area contributed by atoms with Crippen molar-refractivity contribution in [3.63, 3.8) is 0 Å². The van der Waals surface area contributed by atoms with Crippen molar-refractivity contribution in [2.45, 2.75) is 30.7 Å². The van der Waals surface area contributed by atoms with Crippen molar-refractivity contribution < 1.29 is 23.2 Å². The minimum absolute atomic E-state index is 0.0144. The first-order chi connectivity index (χ1) is 11.6. The van der Waals surface area contributed by atoms with E-state index in [0.717, 1.165) is 0 Å². The van der Waals surface area contributed by atoms with Crippen molar-refractivity contribution in [1.82, 2.24) is 9.21 Å². The Morgan fingerprint density at radius 3 is 2.48 bits per heavy atom. The van der Waals surface area contributed by atoms with Gasteiger partial charge in [0.25, 0.3) is 5.69 Å². The van der Waals surface area contributed by atoms with E-state index in [9.17, 15) is 23.3 Å². The van der Waals surface area contributed by atoms with E-state index in [1.165, 1.54) is 29.4 Å². The highest BCUT2D eigenvalue weighted by atomic mass is 32.2. The Labute approximate surface area is 146 Å². The summed E-state index contributed by atoms with van der Waals surface area (Å²) < 4.78 is 26.9. The maximum absolute atomic E-state index is 12.8. The zero-order chi connectivity index (χ0) is 18.8. The number of nitrogens with zero attached hydrogens (tertiary/aromatic N) is 3. The van der Waals surface area contributed by atoms with Crippen molar-refractivity contribution in [2.24, 2.45) is 0 Å². The molecule has 0 saturated carbocycles. The van der Waals surface area contributed by atoms with Gasteiger partial charge in [0.1, 0.15) is 0 Å². The Bertz CT molecular complexity index is 771. The molecule has 1 N–H and O–H groups in total. The average Bonchev–Trinajstić information content (AvgIpc) is 2.53. The second-order valence-electron chi connectivity index (χ2n) is 6.15. The number of hydrogen-bond acceptors (Lipinski definition) is 6. The molecule has 25 heavy (non-hydrogen) atoms. The van der Waals surface area contributed by atoms with Gasteiger partial charge >= 0.3 is 5.97 Å². The van der Waals surface area contributed by atoms with E-state index in [2.05, 4.69) is 0 Å². The lowest BCUT2D eigenvalue weighted by molar-refractivity contribution is -0.385. The van der Waals surface area contributed by atoms with E-state index < -0.39 is 20.9 Å². The minimum atomic E-state index is -3.73. The molecule has 2 rings (SSSR count). The Morgan fingerprint density at radius 2 is 2.00 bits per heavy atom. The van der Waals surface area contributed by atoms with Gasteiger partial charge in [0, 0.05) is 31.3 Å². The number of hydrogen-bond donors (Lipinski definition) is 1. The Balaban J connectivity index is 2.12. The minimum Gasteiger partial charge on any atom is -0.480 e. The van der Waals surface area contributed by atoms with Crippen molar-refractivity contribution in [3.05, 3.63) is 33.9 Å². The third kappa shape index (κ3) is 4.33. The van der Waals surface area contributed by atoms with E-state index in [1.807, 2.05) is 0 Å². The van der Waals surface area contributed by atoms with Gasteiger partial charge < -0.3 is 5.11 Å². The van der Waals surface area contributed by atoms with Crippen molar-refractivity contribution in [2.75, 3.05) is 26.7 Å². The molecule has 0 radical (unpaired) electrons. The second-order valence-corrected chi connectivity index (χ2v) is 8.06. The van der Waals surface area contributed by atoms with Crippen LogP contribution < -0.4 is 0 Å². The van der Waals surface area contributed by atoms with Crippen LogP contribution in [0, 0.1) is 17.0 Å². The molecular formula is C15H21N3O6S. The van der Waals surface area contributed by atoms with Crippen molar-refractivity contribution >= 4 is 21.7 Å². The van der Waals surface area contributed by atoms with Crippen LogP contribution in [-0.4, -0.2) is 66.3 Å². The summed E-state index contributed by atoms with van der Waals surface area (Å²) >= 11 is 0. The van der Waals surface area contributed by atoms with Crippen LogP contribution >= 0.6 is 0 Å². The van der Waals surface area contributed by atoms with Crippen LogP contribution in [0.15, 0.2) is 23.1 Å². The zero-order valence-electron chi connectivity index (χ0n) is 14.1. The molecular weight excluding hydrogens is 350 g/mol. The number of aliphatic carboxylic acids is 1. The predicted octanol–water partition coefficient (Wildman–Crippen LogP) is 1.07. The maximum Gasteiger partial charge on any atom is 0.317 e. The molecule has 1 fully saturated rings. The quantitative estimate of drug-likeness (QED) is 0.586. The number of aryl methyl sites for hydroxylation is 1. The number of benzene rings is 1. The van der Waals surface area contributed by atoms with Gasteiger partial charge in [-0.1, -0.05) is 0 Å². The van der Waals surface area contributed by atoms with Crippen LogP contribution in [0.4, 0.5) is 5.69 Å². The molecule has 0 spiro atoms. The Kier molecular flexibility index (Phi) is 5.76. The summed E-state index contributed by atoms with van der Waals surface area (Å²) in [7, 11) is -2.02. The van der Waals surface area contributed by atoms with Crippen LogP contribution in [0.1, 0.15) is 18.4 Å². The van der Waals surface area contributed by atoms with Gasteiger partial charge in [-0.2, -0.15) is 4.31 Å². The van der Waals surface area contributed by atoms with Gasteiger partial charge in [-0.05, 0) is 38.4 Å². The molecule has 138 valence electrons. The lowest BCUT2D eigenvalue weighted by atomic mass is 10.1. The third-order valence-electron chi connectivity index (χ3n) is 4.42. The van der Waals surface area contributed by atoms with Gasteiger partial charge in [-0.25, -0.2) is 8.42 Å². The molecule has 1 aliphatic rings. The molecule has 0 aromatic heterocycles. The molecule has 1 heterocycles. The Morgan fingerprint density at radius 1 is 1.40 bits per heavy atom. The number of nitro groups is 1. The molecule has 1 aromatic rings. The maximum atomic E-state index is 12.8. The molecule has 0 amide bonds. The topological polar surface area (TPSA) is 121 Å². The number of piperidine rings is 1. The van der Waals surface area contributed by atoms with Crippen molar-refractivity contribution in [1.29, 1.82) is 0 Å². The van der Waals surface area contributed by atoms with Gasteiger partial charge in [0.2, 0.25) is 10.0 Å². The fourth-order valence-electron chi connectivity index (χ4n) is 3.04. The van der Waals surface area contributed by atoms with Crippen LogP contribution in [-0.2, 0) is 14.8 Å². The molecule has 1 aliphatic heterocycles. The van der Waals surface area contributed by atoms with Crippen LogP contribution in [0.5, 0.6) is 0 Å². The summed E-state index contributed by atoms with van der Waals surface area (Å²) in [6.45, 7) is 2.02. The number of rotatable bonds is 6. The lowest BCUT2D eigenvalue weighted by Gasteiger charge is -2.35. The van der Waals surface area contributed by atoms with E-state index in [0.29, 0.717) is 18.4 Å². The van der Waals surface area contributed by atoms with Gasteiger partial charge in [0.05, 0.1) is 16.4 Å². The number of nitro benzene ring substituents is 1. The first-order valence-electron chi connectivity index (χ1n) is 7.80. The fourth-order valence-corrected chi connectivity index (χ4v) is 4.72. The molecule has 1 saturated heterocycles. The molecule has 0 bridgehead atoms. The number of likely N-dealkylation sites (N-methyl/N-ethyl adjacent to an activating group) is 1. The smallest absolute Gasteiger partial charge is 0.317 e. The summed E-state index contributed by atoms with van der Waals surface area (Å²) in [6.07, 6.45) is 1.07. The largest absolute Gasteiger partial charge is 0.480 e. The number of carbonyl (C=O) groups is 1. The SMILES string of the molecule is Cc1cc([N+](=O)[O-])ccc1S(=O)(=O)N1CCC(N(C)CC(=O)O)CC1. The lowest BCUT2D eigenvalue weighted by Crippen LogP contribution is -2.46. The number of sulfonamides is 1. The van der Waals surface area contributed by atoms with E-state index >= 15 is 0 Å². The van der Waals surface area contributed by atoms with Crippen LogP contribution in [0.3, 0.4) is 0 Å². The highest BCUT2D eigenvalue weighted by Gasteiger charge is 2.32. The summed E-state index contributed by atoms with van der Waals surface area (Å²) in [5.41, 5.74) is 0.185. The van der Waals surface area contributed by atoms with Crippen LogP contribution in [0.2, 0.25) is 0 Å². The zero-order valence-corrected chi connectivity index (χ0v) is 14.9. The van der Waals surface area contributed by atoms with Crippen LogP contribution in [0.25, 0.3) is 0 Å². The molecule has 1 aromatic carbocycles. The second kappa shape index (κ2) is 7.46. The van der Waals surface area contributed by atoms with Gasteiger partial charge in [-0.3, -0.25) is 19.8 Å². The normalized spacial score (nSPS) is 16.9. The predicted molar refractivity (Wildman–Crippen MR) is 89.9 cm³/mol. The average molecular weight is 371 g/mol. The third-order valence-corrected chi connectivity index (χ3v) is 6.48. The molecule has 0 aliphatic carbocycles. The fraction of sp³-hybridized carbons (Fsp3) is 0.533. The standard InChI is InChI=1S/C15H21N3O6S/c1-11-9-13(18(21)22)3-4-14(11)25(23,24)17-7-5-12(6-8-17)16(2)10-15(19)20/h3-4,9,12H,5-8,10H2,1-2H3,(H,19,20). The molecule has 0 unspecified atom stereocenters. The molecule has 0 atom stereocenters. The van der Waals surface area contributed by atoms with E-state index in [1.54, 1.807) is 11.9 Å². The number of carboxylic acids is 1. The highest BCUT2D eigenvalue weighted by Crippen LogP contribution is 2.27. The number of carboxylic acid groups (broad SMARTS) is 1. The summed E-state index contributed by atoms with van der Waals surface area (Å²) in [4.78, 5) is 22.8. The summed E-state index contributed by atoms with van der Waals surface area (Å²) in [6, 6.07) is 3.72. The van der Waals surface area contributed by atoms with E-state index in [-0.39, 0.29) is 36.3 Å². The molecule has 9 nitrogen and oxygen atoms in total. The summed E-state index contributed by atoms with van der Waals surface area (Å²) in [5.74, 6) is -0.918. The van der Waals surface area contributed by atoms with Crippen molar-refractivity contribution in [3.8, 4) is 0 Å².